The molecule has 0 radical (unpaired) electrons. The summed E-state index contributed by atoms with van der Waals surface area (Å²) in [7, 11) is 4.07. The van der Waals surface area contributed by atoms with Gasteiger partial charge in [-0.2, -0.15) is 0 Å². The zero-order valence-corrected chi connectivity index (χ0v) is 15.7. The van der Waals surface area contributed by atoms with Crippen LogP contribution in [0.4, 0.5) is 5.69 Å². The number of amides is 1. The van der Waals surface area contributed by atoms with E-state index in [1.165, 1.54) is 0 Å². The molecule has 0 aliphatic heterocycles. The summed E-state index contributed by atoms with van der Waals surface area (Å²) in [5.74, 6) is -0.0123. The molecule has 0 aliphatic rings. The molecule has 2 aromatic heterocycles. The lowest BCUT2D eigenvalue weighted by atomic mass is 10.1. The molecule has 2 heterocycles. The van der Waals surface area contributed by atoms with Crippen molar-refractivity contribution in [1.29, 1.82) is 0 Å². The number of carbonyl (C=O) groups is 1. The van der Waals surface area contributed by atoms with Gasteiger partial charge >= 0.3 is 0 Å². The highest BCUT2D eigenvalue weighted by Crippen LogP contribution is 2.21. The smallest absolute Gasteiger partial charge is 0.258 e. The Morgan fingerprint density at radius 1 is 0.852 bits per heavy atom. The molecular weight excluding hydrogens is 336 g/mol. The van der Waals surface area contributed by atoms with Gasteiger partial charge in [0.05, 0.1) is 23.3 Å². The predicted octanol–water partition coefficient (Wildman–Crippen LogP) is 3.74. The van der Waals surface area contributed by atoms with Gasteiger partial charge in [-0.25, -0.2) is 0 Å². The quantitative estimate of drug-likeness (QED) is 0.644. The minimum Gasteiger partial charge on any atom is -0.309 e. The standard InChI is InChI=1S/C22H24N4O/c1-25(2)15-8-16-26(22(27)18-9-4-3-5-10-18)19-12-13-21(24-17-19)20-11-6-7-14-23-20/h3-7,9-14,17H,8,15-16H2,1-2H3. The predicted molar refractivity (Wildman–Crippen MR) is 109 cm³/mol. The summed E-state index contributed by atoms with van der Waals surface area (Å²) in [6.07, 6.45) is 4.38. The molecule has 3 rings (SSSR count). The Hall–Kier alpha value is -3.05. The maximum absolute atomic E-state index is 13.0. The van der Waals surface area contributed by atoms with E-state index in [0.29, 0.717) is 12.1 Å². The summed E-state index contributed by atoms with van der Waals surface area (Å²) >= 11 is 0. The van der Waals surface area contributed by atoms with E-state index in [9.17, 15) is 4.79 Å². The average Bonchev–Trinajstić information content (AvgIpc) is 2.72. The van der Waals surface area contributed by atoms with Crippen molar-refractivity contribution >= 4 is 11.6 Å². The summed E-state index contributed by atoms with van der Waals surface area (Å²) in [5, 5.41) is 0. The number of rotatable bonds is 7. The highest BCUT2D eigenvalue weighted by atomic mass is 16.2. The van der Waals surface area contributed by atoms with E-state index >= 15 is 0 Å². The van der Waals surface area contributed by atoms with Crippen LogP contribution in [0.25, 0.3) is 11.4 Å². The Kier molecular flexibility index (Phi) is 6.28. The molecule has 0 fully saturated rings. The first kappa shape index (κ1) is 18.7. The minimum absolute atomic E-state index is 0.0123. The number of pyridine rings is 2. The number of hydrogen-bond donors (Lipinski definition) is 0. The molecule has 1 amide bonds. The summed E-state index contributed by atoms with van der Waals surface area (Å²) < 4.78 is 0. The van der Waals surface area contributed by atoms with Gasteiger partial charge in [0.15, 0.2) is 0 Å². The second-order valence-electron chi connectivity index (χ2n) is 6.60. The second kappa shape index (κ2) is 9.05. The van der Waals surface area contributed by atoms with Gasteiger partial charge in [-0.05, 0) is 63.5 Å². The number of hydrogen-bond acceptors (Lipinski definition) is 4. The van der Waals surface area contributed by atoms with Crippen molar-refractivity contribution in [2.24, 2.45) is 0 Å². The third kappa shape index (κ3) is 4.99. The van der Waals surface area contributed by atoms with Gasteiger partial charge in [-0.15, -0.1) is 0 Å². The fraction of sp³-hybridized carbons (Fsp3) is 0.227. The van der Waals surface area contributed by atoms with Gasteiger partial charge in [0, 0.05) is 18.3 Å². The summed E-state index contributed by atoms with van der Waals surface area (Å²) in [6, 6.07) is 19.0. The number of benzene rings is 1. The molecule has 0 atom stereocenters. The van der Waals surface area contributed by atoms with Crippen molar-refractivity contribution in [2.45, 2.75) is 6.42 Å². The molecule has 0 N–H and O–H groups in total. The van der Waals surface area contributed by atoms with E-state index in [2.05, 4.69) is 14.9 Å². The molecule has 0 aliphatic carbocycles. The number of nitrogens with zero attached hydrogens (tertiary/aromatic N) is 4. The molecule has 138 valence electrons. The Balaban J connectivity index is 1.84. The Bertz CT molecular complexity index is 849. The molecule has 1 aromatic carbocycles. The fourth-order valence-electron chi connectivity index (χ4n) is 2.84. The van der Waals surface area contributed by atoms with Crippen LogP contribution in [0.5, 0.6) is 0 Å². The molecule has 0 bridgehead atoms. The van der Waals surface area contributed by atoms with Crippen LogP contribution in [0.3, 0.4) is 0 Å². The van der Waals surface area contributed by atoms with E-state index in [1.54, 1.807) is 17.3 Å². The van der Waals surface area contributed by atoms with E-state index in [-0.39, 0.29) is 5.91 Å². The SMILES string of the molecule is CN(C)CCCN(C(=O)c1ccccc1)c1ccc(-c2ccccn2)nc1. The van der Waals surface area contributed by atoms with Crippen LogP contribution in [0, 0.1) is 0 Å². The van der Waals surface area contributed by atoms with Crippen LogP contribution in [0.1, 0.15) is 16.8 Å². The maximum atomic E-state index is 13.0. The molecule has 0 spiro atoms. The molecule has 5 heteroatoms. The monoisotopic (exact) mass is 360 g/mol. The Labute approximate surface area is 160 Å². The van der Waals surface area contributed by atoms with Crippen LogP contribution >= 0.6 is 0 Å². The Morgan fingerprint density at radius 3 is 2.22 bits per heavy atom. The highest BCUT2D eigenvalue weighted by Gasteiger charge is 2.18. The molecule has 5 nitrogen and oxygen atoms in total. The van der Waals surface area contributed by atoms with Gasteiger partial charge in [0.2, 0.25) is 0 Å². The third-order valence-electron chi connectivity index (χ3n) is 4.24. The highest BCUT2D eigenvalue weighted by molar-refractivity contribution is 6.06. The summed E-state index contributed by atoms with van der Waals surface area (Å²) in [4.78, 5) is 25.8. The van der Waals surface area contributed by atoms with Gasteiger partial charge in [-0.3, -0.25) is 14.8 Å². The minimum atomic E-state index is -0.0123. The maximum Gasteiger partial charge on any atom is 0.258 e. The van der Waals surface area contributed by atoms with E-state index in [1.807, 2.05) is 74.8 Å². The van der Waals surface area contributed by atoms with Crippen LogP contribution in [-0.2, 0) is 0 Å². The molecule has 27 heavy (non-hydrogen) atoms. The zero-order valence-electron chi connectivity index (χ0n) is 15.7. The average molecular weight is 360 g/mol. The number of anilines is 1. The first-order valence-corrected chi connectivity index (χ1v) is 9.04. The molecule has 0 unspecified atom stereocenters. The molecule has 0 saturated carbocycles. The summed E-state index contributed by atoms with van der Waals surface area (Å²) in [6.45, 7) is 1.55. The number of carbonyl (C=O) groups excluding carboxylic acids is 1. The van der Waals surface area contributed by atoms with Gasteiger partial charge in [0.1, 0.15) is 0 Å². The topological polar surface area (TPSA) is 49.3 Å². The summed E-state index contributed by atoms with van der Waals surface area (Å²) in [5.41, 5.74) is 3.08. The molecule has 0 saturated heterocycles. The van der Waals surface area contributed by atoms with Crippen LogP contribution < -0.4 is 4.90 Å². The van der Waals surface area contributed by atoms with Crippen molar-refractivity contribution in [3.05, 3.63) is 78.6 Å². The van der Waals surface area contributed by atoms with Crippen LogP contribution in [0.15, 0.2) is 73.1 Å². The van der Waals surface area contributed by atoms with Gasteiger partial charge < -0.3 is 9.80 Å². The van der Waals surface area contributed by atoms with Gasteiger partial charge in [0.25, 0.3) is 5.91 Å². The Morgan fingerprint density at radius 2 is 1.59 bits per heavy atom. The lowest BCUT2D eigenvalue weighted by molar-refractivity contribution is 0.0986. The van der Waals surface area contributed by atoms with Crippen molar-refractivity contribution in [1.82, 2.24) is 14.9 Å². The zero-order chi connectivity index (χ0) is 19.1. The lowest BCUT2D eigenvalue weighted by Crippen LogP contribution is -2.33. The van der Waals surface area contributed by atoms with Crippen molar-refractivity contribution < 1.29 is 4.79 Å². The second-order valence-corrected chi connectivity index (χ2v) is 6.60. The largest absolute Gasteiger partial charge is 0.309 e. The van der Waals surface area contributed by atoms with Gasteiger partial charge in [-0.1, -0.05) is 24.3 Å². The third-order valence-corrected chi connectivity index (χ3v) is 4.24. The fourth-order valence-corrected chi connectivity index (χ4v) is 2.84. The van der Waals surface area contributed by atoms with Crippen LogP contribution in [0.2, 0.25) is 0 Å². The normalized spacial score (nSPS) is 10.8. The van der Waals surface area contributed by atoms with Crippen molar-refractivity contribution in [2.75, 3.05) is 32.1 Å². The van der Waals surface area contributed by atoms with Crippen molar-refractivity contribution in [3.63, 3.8) is 0 Å². The first-order chi connectivity index (χ1) is 13.1. The van der Waals surface area contributed by atoms with Crippen LogP contribution in [-0.4, -0.2) is 48.0 Å². The van der Waals surface area contributed by atoms with E-state index in [0.717, 1.165) is 30.0 Å². The van der Waals surface area contributed by atoms with E-state index < -0.39 is 0 Å². The first-order valence-electron chi connectivity index (χ1n) is 9.04. The molecular formula is C22H24N4O. The van der Waals surface area contributed by atoms with Crippen molar-refractivity contribution in [3.8, 4) is 11.4 Å². The molecule has 3 aromatic rings. The van der Waals surface area contributed by atoms with E-state index in [4.69, 9.17) is 0 Å². The lowest BCUT2D eigenvalue weighted by Gasteiger charge is -2.23. The number of aromatic nitrogens is 2.